The summed E-state index contributed by atoms with van der Waals surface area (Å²) in [5.41, 5.74) is 0.953. The lowest BCUT2D eigenvalue weighted by atomic mass is 10.1. The first-order chi connectivity index (χ1) is 9.20. The molecule has 0 unspecified atom stereocenters. The largest absolute Gasteiger partial charge is 0.464 e. The summed E-state index contributed by atoms with van der Waals surface area (Å²) < 4.78 is 5.31. The SMILES string of the molecule is C#CCCCOC(=O)[C@@H](c1ccccc1)N(C)CC. The molecular formula is C16H21NO2. The summed E-state index contributed by atoms with van der Waals surface area (Å²) in [6, 6.07) is 9.33. The number of carbonyl (C=O) groups is 1. The number of esters is 1. The number of hydrogen-bond acceptors (Lipinski definition) is 3. The Morgan fingerprint density at radius 2 is 2.11 bits per heavy atom. The van der Waals surface area contributed by atoms with Crippen LogP contribution in [0.3, 0.4) is 0 Å². The molecule has 0 aliphatic rings. The molecule has 102 valence electrons. The van der Waals surface area contributed by atoms with Crippen LogP contribution < -0.4 is 0 Å². The molecule has 0 radical (unpaired) electrons. The Labute approximate surface area is 115 Å². The molecule has 1 atom stereocenters. The van der Waals surface area contributed by atoms with Gasteiger partial charge >= 0.3 is 5.97 Å². The first kappa shape index (κ1) is 15.3. The number of hydrogen-bond donors (Lipinski definition) is 0. The summed E-state index contributed by atoms with van der Waals surface area (Å²) in [7, 11) is 1.92. The molecule has 0 N–H and O–H groups in total. The van der Waals surface area contributed by atoms with Crippen LogP contribution in [0.25, 0.3) is 0 Å². The molecule has 1 aromatic carbocycles. The normalized spacial score (nSPS) is 11.9. The maximum Gasteiger partial charge on any atom is 0.327 e. The molecule has 1 rings (SSSR count). The van der Waals surface area contributed by atoms with Crippen molar-refractivity contribution in [2.45, 2.75) is 25.8 Å². The van der Waals surface area contributed by atoms with Crippen LogP contribution in [0, 0.1) is 12.3 Å². The van der Waals surface area contributed by atoms with Crippen LogP contribution in [0.15, 0.2) is 30.3 Å². The molecule has 0 amide bonds. The molecular weight excluding hydrogens is 238 g/mol. The van der Waals surface area contributed by atoms with E-state index in [-0.39, 0.29) is 12.0 Å². The van der Waals surface area contributed by atoms with E-state index < -0.39 is 0 Å². The molecule has 0 aliphatic heterocycles. The maximum absolute atomic E-state index is 12.2. The maximum atomic E-state index is 12.2. The second-order valence-electron chi connectivity index (χ2n) is 4.36. The molecule has 0 heterocycles. The van der Waals surface area contributed by atoms with Gasteiger partial charge in [0.2, 0.25) is 0 Å². The van der Waals surface area contributed by atoms with E-state index in [0.717, 1.165) is 12.1 Å². The lowest BCUT2D eigenvalue weighted by molar-refractivity contribution is -0.149. The van der Waals surface area contributed by atoms with Gasteiger partial charge in [-0.1, -0.05) is 37.3 Å². The van der Waals surface area contributed by atoms with Crippen LogP contribution >= 0.6 is 0 Å². The van der Waals surface area contributed by atoms with Gasteiger partial charge in [-0.2, -0.15) is 0 Å². The van der Waals surface area contributed by atoms with Gasteiger partial charge in [0.1, 0.15) is 6.04 Å². The second-order valence-corrected chi connectivity index (χ2v) is 4.36. The highest BCUT2D eigenvalue weighted by Gasteiger charge is 2.25. The van der Waals surface area contributed by atoms with Crippen molar-refractivity contribution in [2.75, 3.05) is 20.2 Å². The average Bonchev–Trinajstić information content (AvgIpc) is 2.45. The Hall–Kier alpha value is -1.79. The van der Waals surface area contributed by atoms with Crippen LogP contribution in [0.5, 0.6) is 0 Å². The molecule has 0 saturated carbocycles. The highest BCUT2D eigenvalue weighted by molar-refractivity contribution is 5.77. The Morgan fingerprint density at radius 1 is 1.42 bits per heavy atom. The third-order valence-corrected chi connectivity index (χ3v) is 2.99. The molecule has 0 aliphatic carbocycles. The first-order valence-electron chi connectivity index (χ1n) is 6.56. The highest BCUT2D eigenvalue weighted by Crippen LogP contribution is 2.20. The van der Waals surface area contributed by atoms with Crippen molar-refractivity contribution < 1.29 is 9.53 Å². The van der Waals surface area contributed by atoms with Crippen molar-refractivity contribution in [3.63, 3.8) is 0 Å². The van der Waals surface area contributed by atoms with Crippen molar-refractivity contribution in [1.82, 2.24) is 4.90 Å². The molecule has 3 nitrogen and oxygen atoms in total. The van der Waals surface area contributed by atoms with E-state index in [1.54, 1.807) is 0 Å². The van der Waals surface area contributed by atoms with Crippen molar-refractivity contribution in [1.29, 1.82) is 0 Å². The Balaban J connectivity index is 2.70. The van der Waals surface area contributed by atoms with E-state index in [2.05, 4.69) is 5.92 Å². The summed E-state index contributed by atoms with van der Waals surface area (Å²) in [5.74, 6) is 2.32. The summed E-state index contributed by atoms with van der Waals surface area (Å²) in [4.78, 5) is 14.2. The zero-order valence-electron chi connectivity index (χ0n) is 11.6. The number of carbonyl (C=O) groups excluding carboxylic acids is 1. The smallest absolute Gasteiger partial charge is 0.327 e. The first-order valence-corrected chi connectivity index (χ1v) is 6.56. The van der Waals surface area contributed by atoms with E-state index in [1.165, 1.54) is 0 Å². The van der Waals surface area contributed by atoms with Crippen LogP contribution in [0.1, 0.15) is 31.4 Å². The van der Waals surface area contributed by atoms with Crippen molar-refractivity contribution >= 4 is 5.97 Å². The third kappa shape index (κ3) is 4.76. The molecule has 1 aromatic rings. The standard InChI is InChI=1S/C16H21NO2/c1-4-6-10-13-19-16(18)15(17(3)5-2)14-11-8-7-9-12-14/h1,7-9,11-12,15H,5-6,10,13H2,2-3H3/t15-/m1/s1. The highest BCUT2D eigenvalue weighted by atomic mass is 16.5. The Kier molecular flexibility index (Phi) is 6.70. The van der Waals surface area contributed by atoms with E-state index in [1.807, 2.05) is 49.2 Å². The monoisotopic (exact) mass is 259 g/mol. The van der Waals surface area contributed by atoms with Gasteiger partial charge in [0, 0.05) is 6.42 Å². The van der Waals surface area contributed by atoms with E-state index in [4.69, 9.17) is 11.2 Å². The summed E-state index contributed by atoms with van der Waals surface area (Å²) in [5, 5.41) is 0. The van der Waals surface area contributed by atoms with Crippen LogP contribution in [0.4, 0.5) is 0 Å². The summed E-state index contributed by atoms with van der Waals surface area (Å²) >= 11 is 0. The fourth-order valence-corrected chi connectivity index (χ4v) is 1.81. The number of benzene rings is 1. The van der Waals surface area contributed by atoms with Crippen molar-refractivity contribution in [3.05, 3.63) is 35.9 Å². The predicted molar refractivity (Wildman–Crippen MR) is 76.5 cm³/mol. The minimum Gasteiger partial charge on any atom is -0.464 e. The minimum atomic E-state index is -0.350. The molecule has 0 saturated heterocycles. The van der Waals surface area contributed by atoms with Crippen molar-refractivity contribution in [2.24, 2.45) is 0 Å². The van der Waals surface area contributed by atoms with Gasteiger partial charge in [-0.05, 0) is 25.6 Å². The molecule has 19 heavy (non-hydrogen) atoms. The number of likely N-dealkylation sites (N-methyl/N-ethyl adjacent to an activating group) is 1. The fourth-order valence-electron chi connectivity index (χ4n) is 1.81. The zero-order valence-corrected chi connectivity index (χ0v) is 11.6. The van der Waals surface area contributed by atoms with Crippen LogP contribution in [0.2, 0.25) is 0 Å². The van der Waals surface area contributed by atoms with Gasteiger partial charge in [0.15, 0.2) is 0 Å². The summed E-state index contributed by atoms with van der Waals surface area (Å²) in [6.07, 6.45) is 6.51. The lowest BCUT2D eigenvalue weighted by Crippen LogP contribution is -2.32. The zero-order chi connectivity index (χ0) is 14.1. The average molecular weight is 259 g/mol. The molecule has 0 spiro atoms. The Morgan fingerprint density at radius 3 is 2.68 bits per heavy atom. The van der Waals surface area contributed by atoms with Gasteiger partial charge in [-0.15, -0.1) is 12.3 Å². The van der Waals surface area contributed by atoms with Gasteiger partial charge in [-0.25, -0.2) is 4.79 Å². The number of unbranched alkanes of at least 4 members (excludes halogenated alkanes) is 1. The molecule has 0 bridgehead atoms. The van der Waals surface area contributed by atoms with Crippen LogP contribution in [-0.4, -0.2) is 31.1 Å². The topological polar surface area (TPSA) is 29.5 Å². The number of terminal acetylenes is 1. The van der Waals surface area contributed by atoms with Gasteiger partial charge < -0.3 is 4.74 Å². The van der Waals surface area contributed by atoms with Gasteiger partial charge in [-0.3, -0.25) is 4.90 Å². The van der Waals surface area contributed by atoms with Gasteiger partial charge in [0.25, 0.3) is 0 Å². The summed E-state index contributed by atoms with van der Waals surface area (Å²) in [6.45, 7) is 3.17. The Bertz CT molecular complexity index is 422. The molecule has 0 aromatic heterocycles. The van der Waals surface area contributed by atoms with Gasteiger partial charge in [0.05, 0.1) is 6.61 Å². The predicted octanol–water partition coefficient (Wildman–Crippen LogP) is 2.64. The third-order valence-electron chi connectivity index (χ3n) is 2.99. The van der Waals surface area contributed by atoms with E-state index in [9.17, 15) is 4.79 Å². The number of nitrogens with zero attached hydrogens (tertiary/aromatic N) is 1. The number of rotatable bonds is 7. The molecule has 0 fully saturated rings. The molecule has 3 heteroatoms. The minimum absolute atomic E-state index is 0.215. The number of ether oxygens (including phenoxy) is 1. The second kappa shape index (κ2) is 8.34. The van der Waals surface area contributed by atoms with E-state index in [0.29, 0.717) is 19.4 Å². The van der Waals surface area contributed by atoms with E-state index >= 15 is 0 Å². The fraction of sp³-hybridized carbons (Fsp3) is 0.438. The lowest BCUT2D eigenvalue weighted by Gasteiger charge is -2.25. The van der Waals surface area contributed by atoms with Crippen molar-refractivity contribution in [3.8, 4) is 12.3 Å². The van der Waals surface area contributed by atoms with Crippen LogP contribution in [-0.2, 0) is 9.53 Å². The quantitative estimate of drug-likeness (QED) is 0.428.